The fourth-order valence-corrected chi connectivity index (χ4v) is 5.52. The van der Waals surface area contributed by atoms with Gasteiger partial charge in [-0.1, -0.05) is 108 Å². The Morgan fingerprint density at radius 2 is 1.00 bits per heavy atom. The molecule has 0 aliphatic carbocycles. The van der Waals surface area contributed by atoms with Gasteiger partial charge in [0.25, 0.3) is 0 Å². The van der Waals surface area contributed by atoms with Crippen LogP contribution in [0.1, 0.15) is 129 Å². The molecule has 0 spiro atoms. The second-order valence-corrected chi connectivity index (χ2v) is 13.3. The van der Waals surface area contributed by atoms with Crippen LogP contribution in [0.3, 0.4) is 0 Å². The Labute approximate surface area is 217 Å². The molecule has 0 saturated carbocycles. The van der Waals surface area contributed by atoms with E-state index in [-0.39, 0.29) is 13.0 Å². The van der Waals surface area contributed by atoms with E-state index in [0.717, 1.165) is 19.3 Å². The molecule has 0 aliphatic rings. The molecule has 35 heavy (non-hydrogen) atoms. The molecule has 1 unspecified atom stereocenters. The molecule has 0 fully saturated rings. The molecule has 208 valence electrons. The molecule has 0 aromatic carbocycles. The minimum absolute atomic E-state index is 0.0230. The molecule has 0 bridgehead atoms. The molecule has 0 rings (SSSR count). The summed E-state index contributed by atoms with van der Waals surface area (Å²) in [5.41, 5.74) is 0. The first kappa shape index (κ1) is 34.6. The largest absolute Gasteiger partial charge is 0.373 e. The van der Waals surface area contributed by atoms with Gasteiger partial charge in [-0.3, -0.25) is 4.57 Å². The lowest BCUT2D eigenvalue weighted by molar-refractivity contribution is -0.875. The van der Waals surface area contributed by atoms with Crippen LogP contribution in [0.5, 0.6) is 0 Å². The number of rotatable bonds is 24. The smallest absolute Gasteiger partial charge is 0.362 e. The van der Waals surface area contributed by atoms with Gasteiger partial charge in [-0.15, -0.1) is 0 Å². The Bertz CT molecular complexity index is 594. The summed E-state index contributed by atoms with van der Waals surface area (Å²) in [6.07, 6.45) is 31.5. The normalized spacial score (nSPS) is 14.8. The predicted molar refractivity (Wildman–Crippen MR) is 152 cm³/mol. The molecule has 0 aromatic rings. The highest BCUT2D eigenvalue weighted by Crippen LogP contribution is 2.52. The van der Waals surface area contributed by atoms with Crippen LogP contribution in [0.2, 0.25) is 0 Å². The van der Waals surface area contributed by atoms with Gasteiger partial charge in [0.2, 0.25) is 5.34 Å². The van der Waals surface area contributed by atoms with E-state index in [0.29, 0.717) is 10.9 Å². The van der Waals surface area contributed by atoms with Crippen molar-refractivity contribution in [3.63, 3.8) is 0 Å². The SMILES string of the molecule is CCCCCCCCCCCCCCC/C=C\CCC/C=C\CCC(O)(C[N+](C)(C)C)P(=O)(O)O. The molecule has 0 aliphatic heterocycles. The van der Waals surface area contributed by atoms with E-state index < -0.39 is 12.9 Å². The molecule has 0 aromatic heterocycles. The van der Waals surface area contributed by atoms with Gasteiger partial charge in [-0.05, 0) is 44.9 Å². The number of unbranched alkanes of at least 4 members (excludes halogenated alkanes) is 15. The lowest BCUT2D eigenvalue weighted by Gasteiger charge is -2.35. The van der Waals surface area contributed by atoms with Crippen LogP contribution < -0.4 is 0 Å². The van der Waals surface area contributed by atoms with Gasteiger partial charge in [-0.2, -0.15) is 0 Å². The van der Waals surface area contributed by atoms with Crippen molar-refractivity contribution in [2.75, 3.05) is 27.7 Å². The Morgan fingerprint density at radius 3 is 1.40 bits per heavy atom. The second-order valence-electron chi connectivity index (χ2n) is 11.4. The van der Waals surface area contributed by atoms with Crippen LogP contribution >= 0.6 is 7.60 Å². The highest BCUT2D eigenvalue weighted by molar-refractivity contribution is 7.53. The Balaban J connectivity index is 3.62. The van der Waals surface area contributed by atoms with Crippen molar-refractivity contribution < 1.29 is 23.9 Å². The van der Waals surface area contributed by atoms with Gasteiger partial charge in [0, 0.05) is 0 Å². The van der Waals surface area contributed by atoms with Crippen LogP contribution in [0.25, 0.3) is 0 Å². The average molecular weight is 517 g/mol. The zero-order valence-corrected chi connectivity index (χ0v) is 24.5. The maximum Gasteiger partial charge on any atom is 0.362 e. The summed E-state index contributed by atoms with van der Waals surface area (Å²) in [6.45, 7) is 2.30. The van der Waals surface area contributed by atoms with Crippen LogP contribution in [-0.2, 0) is 4.57 Å². The topological polar surface area (TPSA) is 77.8 Å². The van der Waals surface area contributed by atoms with Crippen LogP contribution in [0, 0.1) is 0 Å². The Kier molecular flexibility index (Phi) is 20.3. The molecular formula is C29H59NO4P+. The third kappa shape index (κ3) is 21.4. The number of hydrogen-bond donors (Lipinski definition) is 3. The monoisotopic (exact) mass is 516 g/mol. The number of hydrogen-bond acceptors (Lipinski definition) is 2. The molecule has 0 amide bonds. The predicted octanol–water partition coefficient (Wildman–Crippen LogP) is 8.10. The van der Waals surface area contributed by atoms with Crippen molar-refractivity contribution in [1.29, 1.82) is 0 Å². The number of aliphatic hydroxyl groups is 1. The van der Waals surface area contributed by atoms with E-state index in [2.05, 4.69) is 25.2 Å². The van der Waals surface area contributed by atoms with Crippen molar-refractivity contribution in [2.24, 2.45) is 0 Å². The number of quaternary nitrogens is 1. The zero-order chi connectivity index (χ0) is 26.5. The molecule has 0 radical (unpaired) electrons. The van der Waals surface area contributed by atoms with Gasteiger partial charge in [0.05, 0.1) is 21.1 Å². The van der Waals surface area contributed by atoms with E-state index >= 15 is 0 Å². The minimum Gasteiger partial charge on any atom is -0.373 e. The molecule has 5 nitrogen and oxygen atoms in total. The van der Waals surface area contributed by atoms with Crippen molar-refractivity contribution in [3.8, 4) is 0 Å². The first-order chi connectivity index (χ1) is 16.5. The summed E-state index contributed by atoms with van der Waals surface area (Å²) < 4.78 is 12.1. The Morgan fingerprint density at radius 1 is 0.629 bits per heavy atom. The van der Waals surface area contributed by atoms with Gasteiger partial charge < -0.3 is 19.4 Å². The van der Waals surface area contributed by atoms with E-state index in [9.17, 15) is 19.5 Å². The van der Waals surface area contributed by atoms with Gasteiger partial charge in [0.1, 0.15) is 6.54 Å². The molecule has 3 N–H and O–H groups in total. The first-order valence-corrected chi connectivity index (χ1v) is 16.0. The zero-order valence-electron chi connectivity index (χ0n) is 23.6. The van der Waals surface area contributed by atoms with Gasteiger partial charge in [-0.25, -0.2) is 0 Å². The summed E-state index contributed by atoms with van der Waals surface area (Å²) in [7, 11) is 0.882. The van der Waals surface area contributed by atoms with Crippen molar-refractivity contribution in [1.82, 2.24) is 0 Å². The maximum absolute atomic E-state index is 11.8. The number of likely N-dealkylation sites (N-methyl/N-ethyl adjacent to an activating group) is 1. The molecule has 1 atom stereocenters. The molecule has 0 heterocycles. The van der Waals surface area contributed by atoms with Crippen molar-refractivity contribution in [3.05, 3.63) is 24.3 Å². The van der Waals surface area contributed by atoms with E-state index in [1.807, 2.05) is 27.2 Å². The minimum atomic E-state index is -4.58. The van der Waals surface area contributed by atoms with Crippen LogP contribution in [0.15, 0.2) is 24.3 Å². The van der Waals surface area contributed by atoms with Crippen LogP contribution in [0.4, 0.5) is 0 Å². The lowest BCUT2D eigenvalue weighted by atomic mass is 10.0. The summed E-state index contributed by atoms with van der Waals surface area (Å²) in [5, 5.41) is 8.56. The molecule has 6 heteroatoms. The molecular weight excluding hydrogens is 457 g/mol. The third-order valence-electron chi connectivity index (χ3n) is 6.53. The molecule has 0 saturated heterocycles. The summed E-state index contributed by atoms with van der Waals surface area (Å²) >= 11 is 0. The second kappa shape index (κ2) is 20.6. The van der Waals surface area contributed by atoms with E-state index in [1.54, 1.807) is 0 Å². The summed E-state index contributed by atoms with van der Waals surface area (Å²) in [5.74, 6) is 0. The quantitative estimate of drug-likeness (QED) is 0.0524. The average Bonchev–Trinajstić information content (AvgIpc) is 2.75. The lowest BCUT2D eigenvalue weighted by Crippen LogP contribution is -2.49. The van der Waals surface area contributed by atoms with E-state index in [4.69, 9.17) is 0 Å². The highest BCUT2D eigenvalue weighted by atomic mass is 31.2. The fraction of sp³-hybridized carbons (Fsp3) is 0.862. The highest BCUT2D eigenvalue weighted by Gasteiger charge is 2.48. The Hall–Kier alpha value is -0.450. The van der Waals surface area contributed by atoms with Gasteiger partial charge in [0.15, 0.2) is 0 Å². The number of allylic oxidation sites excluding steroid dienone is 4. The van der Waals surface area contributed by atoms with Crippen molar-refractivity contribution >= 4 is 7.60 Å². The fourth-order valence-electron chi connectivity index (χ4n) is 4.50. The standard InChI is InChI=1S/C29H58NO4P/c1-5-6-7-8-9-10-11-12-13-14-15-16-17-18-19-20-21-22-23-24-25-26-27-29(31,35(32,33)34)28-30(2,3)4/h19-20,24-25,31H,5-18,21-23,26-28H2,1-4H3,(H-,32,33,34)/p+1/b20-19-,25-24-. The maximum atomic E-state index is 11.8. The van der Waals surface area contributed by atoms with Crippen LogP contribution in [-0.4, -0.2) is 52.4 Å². The summed E-state index contributed by atoms with van der Waals surface area (Å²) in [4.78, 5) is 19.2. The first-order valence-electron chi connectivity index (χ1n) is 14.4. The van der Waals surface area contributed by atoms with E-state index in [1.165, 1.54) is 89.9 Å². The third-order valence-corrected chi connectivity index (χ3v) is 7.98. The number of nitrogens with zero attached hydrogens (tertiary/aromatic N) is 1. The van der Waals surface area contributed by atoms with Crippen molar-refractivity contribution in [2.45, 2.75) is 134 Å². The summed E-state index contributed by atoms with van der Waals surface area (Å²) in [6, 6.07) is 0. The van der Waals surface area contributed by atoms with Gasteiger partial charge >= 0.3 is 7.60 Å².